The van der Waals surface area contributed by atoms with Crippen LogP contribution in [0.5, 0.6) is 0 Å². The fourth-order valence-corrected chi connectivity index (χ4v) is 3.93. The predicted molar refractivity (Wildman–Crippen MR) is 90.1 cm³/mol. The van der Waals surface area contributed by atoms with E-state index in [9.17, 15) is 15.2 Å². The Morgan fingerprint density at radius 3 is 3.00 bits per heavy atom. The number of nitro groups is 1. The minimum Gasteiger partial charge on any atom is -0.390 e. The molecule has 23 heavy (non-hydrogen) atoms. The Balaban J connectivity index is 1.60. The van der Waals surface area contributed by atoms with Gasteiger partial charge in [-0.05, 0) is 25.3 Å². The molecule has 5 heteroatoms. The minimum atomic E-state index is -0.448. The molecule has 1 aliphatic carbocycles. The molecule has 1 saturated carbocycles. The first-order chi connectivity index (χ1) is 11.1. The van der Waals surface area contributed by atoms with E-state index in [1.165, 1.54) is 12.5 Å². The first-order valence-electron chi connectivity index (χ1n) is 8.43. The molecule has 1 aromatic carbocycles. The first kappa shape index (κ1) is 16.1. The molecule has 1 heterocycles. The highest BCUT2D eigenvalue weighted by Gasteiger charge is 2.42. The number of rotatable bonds is 4. The van der Waals surface area contributed by atoms with Gasteiger partial charge < -0.3 is 5.11 Å². The van der Waals surface area contributed by atoms with Gasteiger partial charge in [0, 0.05) is 31.6 Å². The van der Waals surface area contributed by atoms with E-state index in [2.05, 4.69) is 4.90 Å². The van der Waals surface area contributed by atoms with Crippen LogP contribution in [0.2, 0.25) is 0 Å². The summed E-state index contributed by atoms with van der Waals surface area (Å²) in [5, 5.41) is 21.7. The number of hydrogen-bond donors (Lipinski definition) is 1. The SMILES string of the molecule is O=[N+]([O-])c1ccccc1/C=C/CN1CCC2(O)CCCCC2C1. The summed E-state index contributed by atoms with van der Waals surface area (Å²) < 4.78 is 0. The summed E-state index contributed by atoms with van der Waals surface area (Å²) in [6.07, 6.45) is 9.09. The number of nitrogens with zero attached hydrogens (tertiary/aromatic N) is 2. The van der Waals surface area contributed by atoms with Crippen molar-refractivity contribution in [2.75, 3.05) is 19.6 Å². The van der Waals surface area contributed by atoms with Crippen molar-refractivity contribution in [3.05, 3.63) is 46.0 Å². The average molecular weight is 316 g/mol. The van der Waals surface area contributed by atoms with E-state index < -0.39 is 5.60 Å². The Labute approximate surface area is 136 Å². The summed E-state index contributed by atoms with van der Waals surface area (Å²) in [4.78, 5) is 13.0. The lowest BCUT2D eigenvalue weighted by Crippen LogP contribution is -2.53. The smallest absolute Gasteiger partial charge is 0.276 e. The number of benzene rings is 1. The second-order valence-corrected chi connectivity index (χ2v) is 6.77. The van der Waals surface area contributed by atoms with E-state index in [1.807, 2.05) is 18.2 Å². The van der Waals surface area contributed by atoms with Gasteiger partial charge in [0.25, 0.3) is 5.69 Å². The van der Waals surface area contributed by atoms with Crippen molar-refractivity contribution in [3.63, 3.8) is 0 Å². The molecule has 2 atom stereocenters. The third-order valence-electron chi connectivity index (χ3n) is 5.31. The van der Waals surface area contributed by atoms with Gasteiger partial charge in [0.2, 0.25) is 0 Å². The number of likely N-dealkylation sites (tertiary alicyclic amines) is 1. The van der Waals surface area contributed by atoms with Crippen LogP contribution >= 0.6 is 0 Å². The molecule has 2 aliphatic rings. The van der Waals surface area contributed by atoms with Crippen molar-refractivity contribution < 1.29 is 10.0 Å². The van der Waals surface area contributed by atoms with Crippen LogP contribution in [0.25, 0.3) is 6.08 Å². The summed E-state index contributed by atoms with van der Waals surface area (Å²) in [7, 11) is 0. The van der Waals surface area contributed by atoms with Crippen LogP contribution in [-0.4, -0.2) is 40.2 Å². The lowest BCUT2D eigenvalue weighted by Gasteiger charge is -2.47. The molecule has 1 saturated heterocycles. The third-order valence-corrected chi connectivity index (χ3v) is 5.31. The van der Waals surface area contributed by atoms with Gasteiger partial charge in [-0.25, -0.2) is 0 Å². The Bertz CT molecular complexity index is 602. The molecular weight excluding hydrogens is 292 g/mol. The van der Waals surface area contributed by atoms with Gasteiger partial charge in [-0.1, -0.05) is 37.1 Å². The number of nitro benzene ring substituents is 1. The maximum atomic E-state index is 11.0. The zero-order valence-electron chi connectivity index (χ0n) is 13.4. The topological polar surface area (TPSA) is 66.6 Å². The molecular formula is C18H24N2O3. The summed E-state index contributed by atoms with van der Waals surface area (Å²) in [6, 6.07) is 6.80. The van der Waals surface area contributed by atoms with Crippen molar-refractivity contribution in [2.45, 2.75) is 37.7 Å². The molecule has 1 aromatic rings. The van der Waals surface area contributed by atoms with Crippen molar-refractivity contribution >= 4 is 11.8 Å². The van der Waals surface area contributed by atoms with Crippen LogP contribution in [0.3, 0.4) is 0 Å². The van der Waals surface area contributed by atoms with Crippen molar-refractivity contribution in [1.29, 1.82) is 0 Å². The van der Waals surface area contributed by atoms with E-state index in [-0.39, 0.29) is 10.6 Å². The van der Waals surface area contributed by atoms with Crippen LogP contribution < -0.4 is 0 Å². The number of hydrogen-bond acceptors (Lipinski definition) is 4. The van der Waals surface area contributed by atoms with Crippen molar-refractivity contribution in [1.82, 2.24) is 4.90 Å². The highest BCUT2D eigenvalue weighted by Crippen LogP contribution is 2.39. The molecule has 0 amide bonds. The molecule has 124 valence electrons. The highest BCUT2D eigenvalue weighted by atomic mass is 16.6. The molecule has 0 spiro atoms. The first-order valence-corrected chi connectivity index (χ1v) is 8.43. The summed E-state index contributed by atoms with van der Waals surface area (Å²) in [5.74, 6) is 0.379. The number of piperidine rings is 1. The van der Waals surface area contributed by atoms with Gasteiger partial charge in [-0.3, -0.25) is 15.0 Å². The molecule has 3 rings (SSSR count). The molecule has 2 unspecified atom stereocenters. The van der Waals surface area contributed by atoms with Crippen molar-refractivity contribution in [2.24, 2.45) is 5.92 Å². The minimum absolute atomic E-state index is 0.143. The Kier molecular flexibility index (Phi) is 4.78. The van der Waals surface area contributed by atoms with E-state index in [0.717, 1.165) is 45.3 Å². The Morgan fingerprint density at radius 2 is 2.17 bits per heavy atom. The van der Waals surface area contributed by atoms with E-state index in [0.29, 0.717) is 11.5 Å². The van der Waals surface area contributed by atoms with E-state index in [4.69, 9.17) is 0 Å². The Morgan fingerprint density at radius 1 is 1.35 bits per heavy atom. The number of para-hydroxylation sites is 1. The molecule has 0 bridgehead atoms. The largest absolute Gasteiger partial charge is 0.390 e. The molecule has 0 radical (unpaired) electrons. The second kappa shape index (κ2) is 6.81. The second-order valence-electron chi connectivity index (χ2n) is 6.77. The van der Waals surface area contributed by atoms with Crippen LogP contribution in [0.4, 0.5) is 5.69 Å². The summed E-state index contributed by atoms with van der Waals surface area (Å²) in [5.41, 5.74) is 0.337. The van der Waals surface area contributed by atoms with E-state index >= 15 is 0 Å². The maximum Gasteiger partial charge on any atom is 0.276 e. The monoisotopic (exact) mass is 316 g/mol. The molecule has 5 nitrogen and oxygen atoms in total. The zero-order valence-corrected chi connectivity index (χ0v) is 13.4. The molecule has 2 fully saturated rings. The lowest BCUT2D eigenvalue weighted by molar-refractivity contribution is -0.385. The summed E-state index contributed by atoms with van der Waals surface area (Å²) >= 11 is 0. The fourth-order valence-electron chi connectivity index (χ4n) is 3.93. The van der Waals surface area contributed by atoms with Crippen LogP contribution in [-0.2, 0) is 0 Å². The normalized spacial score (nSPS) is 28.7. The average Bonchev–Trinajstić information content (AvgIpc) is 2.55. The fraction of sp³-hybridized carbons (Fsp3) is 0.556. The van der Waals surface area contributed by atoms with Gasteiger partial charge in [0.1, 0.15) is 0 Å². The maximum absolute atomic E-state index is 11.0. The van der Waals surface area contributed by atoms with Crippen LogP contribution in [0, 0.1) is 16.0 Å². The molecule has 1 N–H and O–H groups in total. The zero-order chi connectivity index (χ0) is 16.3. The lowest BCUT2D eigenvalue weighted by atomic mass is 9.71. The van der Waals surface area contributed by atoms with Gasteiger partial charge >= 0.3 is 0 Å². The quantitative estimate of drug-likeness (QED) is 0.684. The van der Waals surface area contributed by atoms with Gasteiger partial charge in [0.05, 0.1) is 16.1 Å². The van der Waals surface area contributed by atoms with E-state index in [1.54, 1.807) is 12.1 Å². The number of fused-ring (bicyclic) bond motifs is 1. The third kappa shape index (κ3) is 3.62. The van der Waals surface area contributed by atoms with Crippen LogP contribution in [0.1, 0.15) is 37.7 Å². The number of aliphatic hydroxyl groups is 1. The van der Waals surface area contributed by atoms with Gasteiger partial charge in [-0.15, -0.1) is 0 Å². The van der Waals surface area contributed by atoms with Gasteiger partial charge in [-0.2, -0.15) is 0 Å². The van der Waals surface area contributed by atoms with Gasteiger partial charge in [0.15, 0.2) is 0 Å². The Hall–Kier alpha value is -1.72. The summed E-state index contributed by atoms with van der Waals surface area (Å²) in [6.45, 7) is 2.60. The molecule has 0 aromatic heterocycles. The van der Waals surface area contributed by atoms with Crippen molar-refractivity contribution in [3.8, 4) is 0 Å². The van der Waals surface area contributed by atoms with Crippen LogP contribution in [0.15, 0.2) is 30.3 Å². The molecule has 1 aliphatic heterocycles. The predicted octanol–water partition coefficient (Wildman–Crippen LogP) is 3.24. The highest BCUT2D eigenvalue weighted by molar-refractivity contribution is 5.60. The standard InChI is InChI=1S/C18H24N2O3/c21-18-10-4-3-8-16(18)14-19(13-11-18)12-5-7-15-6-1-2-9-17(15)20(22)23/h1-2,5-7,9,16,21H,3-4,8,10-14H2/b7-5+.